The minimum absolute atomic E-state index is 0.0473. The molecule has 1 rings (SSSR count). The van der Waals surface area contributed by atoms with Gasteiger partial charge in [0.2, 0.25) is 0 Å². The van der Waals surface area contributed by atoms with Gasteiger partial charge < -0.3 is 0 Å². The number of benzene rings is 1. The van der Waals surface area contributed by atoms with Gasteiger partial charge in [-0.25, -0.2) is 0 Å². The molecule has 0 fully saturated rings. The van der Waals surface area contributed by atoms with E-state index in [4.69, 9.17) is 0 Å². The highest BCUT2D eigenvalue weighted by molar-refractivity contribution is 7.85. The van der Waals surface area contributed by atoms with Gasteiger partial charge in [-0.15, -0.1) is 0 Å². The van der Waals surface area contributed by atoms with Gasteiger partial charge in [0, 0.05) is 0 Å². The molecule has 1 aromatic rings. The van der Waals surface area contributed by atoms with Crippen molar-refractivity contribution in [3.63, 3.8) is 0 Å². The van der Waals surface area contributed by atoms with Gasteiger partial charge in [0.15, 0.2) is 0 Å². The molecule has 0 radical (unpaired) electrons. The minimum atomic E-state index is -4.13. The second kappa shape index (κ2) is 6.27. The Morgan fingerprint density at radius 2 is 1.85 bits per heavy atom. The summed E-state index contributed by atoms with van der Waals surface area (Å²) in [6, 6.07) is 5.06. The Balaban J connectivity index is 2.85. The SMILES string of the molecule is Cc1ccc(S(=O)(=O)O)c(CCC(C)CC(C)(C)C)c1. The zero-order valence-corrected chi connectivity index (χ0v) is 13.9. The summed E-state index contributed by atoms with van der Waals surface area (Å²) in [5.74, 6) is 0.518. The van der Waals surface area contributed by atoms with Crippen LogP contribution in [0.4, 0.5) is 0 Å². The van der Waals surface area contributed by atoms with Crippen LogP contribution in [0.3, 0.4) is 0 Å². The highest BCUT2D eigenvalue weighted by atomic mass is 32.2. The van der Waals surface area contributed by atoms with E-state index >= 15 is 0 Å². The Labute approximate surface area is 123 Å². The van der Waals surface area contributed by atoms with Crippen molar-refractivity contribution in [2.24, 2.45) is 11.3 Å². The highest BCUT2D eigenvalue weighted by Gasteiger charge is 2.18. The smallest absolute Gasteiger partial charge is 0.282 e. The molecule has 1 unspecified atom stereocenters. The minimum Gasteiger partial charge on any atom is -0.282 e. The summed E-state index contributed by atoms with van der Waals surface area (Å²) < 4.78 is 32.1. The Morgan fingerprint density at radius 1 is 1.25 bits per heavy atom. The fourth-order valence-corrected chi connectivity index (χ4v) is 3.44. The zero-order valence-electron chi connectivity index (χ0n) is 13.1. The van der Waals surface area contributed by atoms with E-state index in [1.165, 1.54) is 6.07 Å². The summed E-state index contributed by atoms with van der Waals surface area (Å²) in [7, 11) is -4.13. The molecule has 0 heterocycles. The fourth-order valence-electron chi connectivity index (χ4n) is 2.70. The normalized spacial score (nSPS) is 14.3. The lowest BCUT2D eigenvalue weighted by Crippen LogP contribution is -2.12. The second-order valence-corrected chi connectivity index (χ2v) is 8.38. The number of rotatable bonds is 5. The molecule has 0 aliphatic carbocycles. The molecule has 0 saturated heterocycles. The molecule has 0 aromatic heterocycles. The van der Waals surface area contributed by atoms with E-state index in [1.807, 2.05) is 13.0 Å². The molecule has 0 spiro atoms. The van der Waals surface area contributed by atoms with Gasteiger partial charge in [-0.1, -0.05) is 45.4 Å². The fraction of sp³-hybridized carbons (Fsp3) is 0.625. The third-order valence-corrected chi connectivity index (χ3v) is 4.32. The van der Waals surface area contributed by atoms with E-state index in [0.717, 1.165) is 18.4 Å². The molecule has 4 heteroatoms. The maximum atomic E-state index is 11.4. The topological polar surface area (TPSA) is 54.4 Å². The molecular formula is C16H26O3S. The van der Waals surface area contributed by atoms with Crippen LogP contribution in [0.25, 0.3) is 0 Å². The van der Waals surface area contributed by atoms with E-state index in [9.17, 15) is 13.0 Å². The Kier molecular flexibility index (Phi) is 5.39. The van der Waals surface area contributed by atoms with Gasteiger partial charge in [0.05, 0.1) is 4.90 Å². The maximum Gasteiger partial charge on any atom is 0.294 e. The van der Waals surface area contributed by atoms with E-state index < -0.39 is 10.1 Å². The molecule has 1 atom stereocenters. The van der Waals surface area contributed by atoms with Gasteiger partial charge >= 0.3 is 0 Å². The van der Waals surface area contributed by atoms with E-state index in [2.05, 4.69) is 27.7 Å². The lowest BCUT2D eigenvalue weighted by molar-refractivity contribution is 0.296. The molecule has 0 saturated carbocycles. The summed E-state index contributed by atoms with van der Waals surface area (Å²) in [4.78, 5) is 0.0473. The van der Waals surface area contributed by atoms with E-state index in [-0.39, 0.29) is 10.3 Å². The van der Waals surface area contributed by atoms with Crippen molar-refractivity contribution >= 4 is 10.1 Å². The van der Waals surface area contributed by atoms with Gasteiger partial charge in [-0.2, -0.15) is 8.42 Å². The van der Waals surface area contributed by atoms with Crippen molar-refractivity contribution in [2.45, 2.75) is 58.8 Å². The first kappa shape index (κ1) is 17.2. The van der Waals surface area contributed by atoms with E-state index in [0.29, 0.717) is 17.9 Å². The average molecular weight is 298 g/mol. The summed E-state index contributed by atoms with van der Waals surface area (Å²) in [6.07, 6.45) is 2.69. The number of aryl methyl sites for hydroxylation is 2. The summed E-state index contributed by atoms with van der Waals surface area (Å²) in [5.41, 5.74) is 2.00. The molecular weight excluding hydrogens is 272 g/mol. The predicted molar refractivity (Wildman–Crippen MR) is 82.6 cm³/mol. The molecule has 20 heavy (non-hydrogen) atoms. The van der Waals surface area contributed by atoms with Crippen LogP contribution in [0.15, 0.2) is 23.1 Å². The van der Waals surface area contributed by atoms with Crippen molar-refractivity contribution in [3.05, 3.63) is 29.3 Å². The lowest BCUT2D eigenvalue weighted by Gasteiger charge is -2.23. The van der Waals surface area contributed by atoms with Gasteiger partial charge in [0.25, 0.3) is 10.1 Å². The van der Waals surface area contributed by atoms with Crippen LogP contribution in [0.5, 0.6) is 0 Å². The Bertz CT molecular complexity index is 554. The first-order valence-electron chi connectivity index (χ1n) is 7.06. The second-order valence-electron chi connectivity index (χ2n) is 6.99. The standard InChI is InChI=1S/C16H26O3S/c1-12-7-9-15(20(17,18)19)14(10-12)8-6-13(2)11-16(3,4)5/h7,9-10,13H,6,8,11H2,1-5H3,(H,17,18,19). The lowest BCUT2D eigenvalue weighted by atomic mass is 9.83. The summed E-state index contributed by atoms with van der Waals surface area (Å²) >= 11 is 0. The Hall–Kier alpha value is -0.870. The summed E-state index contributed by atoms with van der Waals surface area (Å²) in [5, 5.41) is 0. The first-order valence-corrected chi connectivity index (χ1v) is 8.50. The average Bonchev–Trinajstić information content (AvgIpc) is 2.22. The quantitative estimate of drug-likeness (QED) is 0.827. The monoisotopic (exact) mass is 298 g/mol. The third kappa shape index (κ3) is 5.63. The predicted octanol–water partition coefficient (Wildman–Crippen LogP) is 4.25. The van der Waals surface area contributed by atoms with Crippen molar-refractivity contribution in [2.75, 3.05) is 0 Å². The number of hydrogen-bond acceptors (Lipinski definition) is 2. The molecule has 0 aliphatic heterocycles. The first-order chi connectivity index (χ1) is 8.99. The van der Waals surface area contributed by atoms with Crippen molar-refractivity contribution in [1.82, 2.24) is 0 Å². The van der Waals surface area contributed by atoms with E-state index in [1.54, 1.807) is 6.07 Å². The van der Waals surface area contributed by atoms with Crippen LogP contribution in [0.1, 0.15) is 51.7 Å². The van der Waals surface area contributed by atoms with Gasteiger partial charge in [0.1, 0.15) is 0 Å². The molecule has 0 bridgehead atoms. The van der Waals surface area contributed by atoms with Gasteiger partial charge in [-0.05, 0) is 49.1 Å². The molecule has 1 aromatic carbocycles. The third-order valence-electron chi connectivity index (χ3n) is 3.36. The molecule has 1 N–H and O–H groups in total. The molecule has 114 valence electrons. The highest BCUT2D eigenvalue weighted by Crippen LogP contribution is 2.28. The van der Waals surface area contributed by atoms with Gasteiger partial charge in [-0.3, -0.25) is 4.55 Å². The maximum absolute atomic E-state index is 11.4. The van der Waals surface area contributed by atoms with Crippen molar-refractivity contribution < 1.29 is 13.0 Å². The van der Waals surface area contributed by atoms with Crippen LogP contribution in [0, 0.1) is 18.3 Å². The Morgan fingerprint density at radius 3 is 2.35 bits per heavy atom. The summed E-state index contributed by atoms with van der Waals surface area (Å²) in [6.45, 7) is 10.7. The molecule has 3 nitrogen and oxygen atoms in total. The van der Waals surface area contributed by atoms with Crippen LogP contribution >= 0.6 is 0 Å². The van der Waals surface area contributed by atoms with Crippen LogP contribution < -0.4 is 0 Å². The van der Waals surface area contributed by atoms with Crippen LogP contribution in [-0.2, 0) is 16.5 Å². The van der Waals surface area contributed by atoms with Crippen molar-refractivity contribution in [1.29, 1.82) is 0 Å². The molecule has 0 amide bonds. The van der Waals surface area contributed by atoms with Crippen LogP contribution in [-0.4, -0.2) is 13.0 Å². The molecule has 0 aliphatic rings. The van der Waals surface area contributed by atoms with Crippen LogP contribution in [0.2, 0.25) is 0 Å². The zero-order chi connectivity index (χ0) is 15.6. The van der Waals surface area contributed by atoms with Crippen molar-refractivity contribution in [3.8, 4) is 0 Å². The largest absolute Gasteiger partial charge is 0.294 e. The number of hydrogen-bond donors (Lipinski definition) is 1.